The maximum atomic E-state index is 12.7. The molecule has 12 aromatic rings. The van der Waals surface area contributed by atoms with Gasteiger partial charge in [-0.3, -0.25) is 24.0 Å². The van der Waals surface area contributed by atoms with Gasteiger partial charge in [-0.15, -0.1) is 0 Å². The van der Waals surface area contributed by atoms with Crippen molar-refractivity contribution in [1.29, 1.82) is 0 Å². The monoisotopic (exact) mass is 1310 g/mol. The molecule has 0 amide bonds. The average molecular weight is 1310 g/mol. The summed E-state index contributed by atoms with van der Waals surface area (Å²) in [4.78, 5) is 62.2. The molecular weight excluding hydrogens is 1230 g/mol. The van der Waals surface area contributed by atoms with Gasteiger partial charge in [0.1, 0.15) is 46.0 Å². The molecule has 0 aliphatic heterocycles. The predicted molar refractivity (Wildman–Crippen MR) is 392 cm³/mol. The molecule has 0 atom stereocenters. The first-order chi connectivity index (χ1) is 47.8. The second kappa shape index (κ2) is 33.9. The van der Waals surface area contributed by atoms with Crippen LogP contribution in [0.25, 0.3) is 0 Å². The van der Waals surface area contributed by atoms with Crippen molar-refractivity contribution >= 4 is 28.9 Å². The predicted octanol–water partition coefficient (Wildman–Crippen LogP) is 20.1. The molecule has 0 saturated heterocycles. The van der Waals surface area contributed by atoms with E-state index in [1.807, 2.05) is 185 Å². The molecule has 0 spiro atoms. The molecule has 12 rings (SSSR count). The van der Waals surface area contributed by atoms with E-state index in [0.29, 0.717) is 78.6 Å². The van der Waals surface area contributed by atoms with Crippen LogP contribution >= 0.6 is 0 Å². The lowest BCUT2D eigenvalue weighted by Crippen LogP contribution is -2.18. The van der Waals surface area contributed by atoms with Gasteiger partial charge < -0.3 is 28.4 Å². The summed E-state index contributed by atoms with van der Waals surface area (Å²) in [6, 6.07) is 89.2. The SMILES string of the molecule is COc1ccc(C(=O)c2ccc(C(=O)c3ccc(C)cc3)cc2)cc1.COc1ccc(C(=O)c2ccc(C)cc2)cc1.COc1ccc(C(C)(C)c2ccc(Oc3ccc(C(=O)c4ccc(C)cc4)cc3)cc2)cc1.COc1ccc(Oc2ccc(C(=O)c3ccc(C)cc3)cc2)cc1. The highest BCUT2D eigenvalue weighted by molar-refractivity contribution is 6.12. The van der Waals surface area contributed by atoms with Crippen molar-refractivity contribution < 1.29 is 52.4 Å². The van der Waals surface area contributed by atoms with Crippen molar-refractivity contribution in [1.82, 2.24) is 0 Å². The van der Waals surface area contributed by atoms with Crippen LogP contribution in [0.4, 0.5) is 0 Å². The van der Waals surface area contributed by atoms with Gasteiger partial charge in [-0.05, 0) is 184 Å². The van der Waals surface area contributed by atoms with Gasteiger partial charge >= 0.3 is 0 Å². The van der Waals surface area contributed by atoms with Crippen LogP contribution in [0.1, 0.15) is 127 Å². The van der Waals surface area contributed by atoms with Crippen molar-refractivity contribution in [3.63, 3.8) is 0 Å². The van der Waals surface area contributed by atoms with Gasteiger partial charge in [-0.2, -0.15) is 0 Å². The van der Waals surface area contributed by atoms with E-state index in [9.17, 15) is 24.0 Å². The van der Waals surface area contributed by atoms with Crippen LogP contribution in [0.3, 0.4) is 0 Å². The quantitative estimate of drug-likeness (QED) is 0.0673. The Morgan fingerprint density at radius 3 is 0.525 bits per heavy atom. The molecule has 0 saturated carbocycles. The summed E-state index contributed by atoms with van der Waals surface area (Å²) < 4.78 is 32.3. The zero-order valence-corrected chi connectivity index (χ0v) is 57.2. The molecule has 0 N–H and O–H groups in total. The Kier molecular flexibility index (Phi) is 24.4. The van der Waals surface area contributed by atoms with E-state index in [-0.39, 0.29) is 34.3 Å². The van der Waals surface area contributed by atoms with Gasteiger partial charge in [-0.25, -0.2) is 0 Å². The number of hydrogen-bond acceptors (Lipinski definition) is 11. The van der Waals surface area contributed by atoms with Crippen molar-refractivity contribution in [2.45, 2.75) is 47.0 Å². The van der Waals surface area contributed by atoms with Gasteiger partial charge in [0.2, 0.25) is 0 Å². The standard InChI is InChI=1S/C30H28O3.C22H18O3.C21H18O3.C15H14O2/c1-21-5-7-22(8-6-21)29(31)23-9-15-27(16-10-23)33-28-19-13-25(14-20-28)30(2,3)24-11-17-26(32-4)18-12-24;1-15-3-5-16(6-4-15)21(23)17-7-9-18(10-8-17)22(24)19-11-13-20(25-2)14-12-19;1-15-3-5-16(6-4-15)21(22)17-7-9-19(10-8-17)24-20-13-11-18(23-2)12-14-20;1-11-3-5-12(6-4-11)15(16)13-7-9-14(17-2)10-8-13/h5-20H,1-4H3;3-14H,1-2H3;3-14H,1-2H3;3-10H,1-2H3. The molecule has 0 aromatic heterocycles. The Bertz CT molecular complexity index is 4620. The Labute approximate surface area is 579 Å². The van der Waals surface area contributed by atoms with Crippen molar-refractivity contribution in [2.75, 3.05) is 28.4 Å². The Morgan fingerprint density at radius 2 is 0.333 bits per heavy atom. The molecule has 0 aliphatic carbocycles. The van der Waals surface area contributed by atoms with E-state index < -0.39 is 0 Å². The maximum Gasteiger partial charge on any atom is 0.193 e. The average Bonchev–Trinajstić information content (AvgIpc) is 0.816. The van der Waals surface area contributed by atoms with E-state index >= 15 is 0 Å². The van der Waals surface area contributed by atoms with Crippen LogP contribution in [0.2, 0.25) is 0 Å². The van der Waals surface area contributed by atoms with Crippen LogP contribution in [0.5, 0.6) is 46.0 Å². The lowest BCUT2D eigenvalue weighted by Gasteiger charge is -2.26. The first kappa shape index (κ1) is 71.1. The van der Waals surface area contributed by atoms with Gasteiger partial charge in [0.25, 0.3) is 0 Å². The Hall–Kier alpha value is -12.2. The minimum Gasteiger partial charge on any atom is -0.497 e. The summed E-state index contributed by atoms with van der Waals surface area (Å²) in [6.45, 7) is 12.4. The number of rotatable bonds is 20. The molecule has 0 bridgehead atoms. The molecule has 496 valence electrons. The van der Waals surface area contributed by atoms with Crippen molar-refractivity contribution in [3.05, 3.63) is 380 Å². The van der Waals surface area contributed by atoms with Crippen molar-refractivity contribution in [2.24, 2.45) is 0 Å². The molecule has 11 nitrogen and oxygen atoms in total. The smallest absolute Gasteiger partial charge is 0.193 e. The highest BCUT2D eigenvalue weighted by Crippen LogP contribution is 2.35. The van der Waals surface area contributed by atoms with Gasteiger partial charge in [0, 0.05) is 61.0 Å². The molecule has 0 unspecified atom stereocenters. The minimum absolute atomic E-state index is 0.00555. The van der Waals surface area contributed by atoms with E-state index in [1.54, 1.807) is 138 Å². The van der Waals surface area contributed by atoms with E-state index in [1.165, 1.54) is 11.1 Å². The number of ketones is 5. The van der Waals surface area contributed by atoms with Crippen LogP contribution in [-0.4, -0.2) is 57.4 Å². The second-order valence-corrected chi connectivity index (χ2v) is 24.0. The molecule has 99 heavy (non-hydrogen) atoms. The summed E-state index contributed by atoms with van der Waals surface area (Å²) >= 11 is 0. The zero-order valence-electron chi connectivity index (χ0n) is 57.2. The molecule has 11 heteroatoms. The molecular formula is C88H78O11. The summed E-state index contributed by atoms with van der Waals surface area (Å²) in [5.41, 5.74) is 13.1. The number of ether oxygens (including phenoxy) is 6. The number of hydrogen-bond donors (Lipinski definition) is 0. The van der Waals surface area contributed by atoms with Gasteiger partial charge in [0.05, 0.1) is 28.4 Å². The zero-order chi connectivity index (χ0) is 70.4. The molecule has 12 aromatic carbocycles. The van der Waals surface area contributed by atoms with Gasteiger partial charge in [0.15, 0.2) is 28.9 Å². The normalized spacial score (nSPS) is 10.5. The van der Waals surface area contributed by atoms with E-state index in [0.717, 1.165) is 45.3 Å². The third-order valence-electron chi connectivity index (χ3n) is 16.5. The number of carbonyl (C=O) groups is 5. The first-order valence-electron chi connectivity index (χ1n) is 32.1. The molecule has 0 radical (unpaired) electrons. The van der Waals surface area contributed by atoms with Crippen LogP contribution < -0.4 is 28.4 Å². The molecule has 0 heterocycles. The second-order valence-electron chi connectivity index (χ2n) is 24.0. The highest BCUT2D eigenvalue weighted by Gasteiger charge is 2.24. The molecule has 0 aliphatic rings. The first-order valence-corrected chi connectivity index (χ1v) is 32.1. The number of carbonyl (C=O) groups excluding carboxylic acids is 5. The fourth-order valence-electron chi connectivity index (χ4n) is 10.3. The van der Waals surface area contributed by atoms with Gasteiger partial charge in [-0.1, -0.05) is 182 Å². The summed E-state index contributed by atoms with van der Waals surface area (Å²) in [6.07, 6.45) is 0. The molecule has 0 fully saturated rings. The lowest BCUT2D eigenvalue weighted by atomic mass is 9.78. The number of benzene rings is 12. The summed E-state index contributed by atoms with van der Waals surface area (Å²) in [7, 11) is 6.49. The van der Waals surface area contributed by atoms with Crippen LogP contribution in [-0.2, 0) is 5.41 Å². The number of aryl methyl sites for hydroxylation is 4. The fourth-order valence-corrected chi connectivity index (χ4v) is 10.3. The van der Waals surface area contributed by atoms with Crippen molar-refractivity contribution in [3.8, 4) is 46.0 Å². The topological polar surface area (TPSA) is 141 Å². The summed E-state index contributed by atoms with van der Waals surface area (Å²) in [5.74, 6) is 5.84. The Morgan fingerprint density at radius 1 is 0.202 bits per heavy atom. The Balaban J connectivity index is 0.000000158. The number of methoxy groups -OCH3 is 4. The minimum atomic E-state index is -0.150. The summed E-state index contributed by atoms with van der Waals surface area (Å²) in [5, 5.41) is 0. The highest BCUT2D eigenvalue weighted by atomic mass is 16.5. The fraction of sp³-hybridized carbons (Fsp3) is 0.125. The largest absolute Gasteiger partial charge is 0.497 e. The van der Waals surface area contributed by atoms with E-state index in [4.69, 9.17) is 28.4 Å². The van der Waals surface area contributed by atoms with E-state index in [2.05, 4.69) is 38.1 Å². The third kappa shape index (κ3) is 19.5. The van der Waals surface area contributed by atoms with Crippen LogP contribution in [0, 0.1) is 27.7 Å². The maximum absolute atomic E-state index is 12.7. The lowest BCUT2D eigenvalue weighted by molar-refractivity contribution is 0.102. The third-order valence-corrected chi connectivity index (χ3v) is 16.5. The van der Waals surface area contributed by atoms with Crippen LogP contribution in [0.15, 0.2) is 291 Å².